The molecule has 1 fully saturated rings. The number of sulfonamides is 1. The number of carbonyl (C=O) groups is 1. The highest BCUT2D eigenvalue weighted by atomic mass is 32.2. The quantitative estimate of drug-likeness (QED) is 0.402. The van der Waals surface area contributed by atoms with Gasteiger partial charge in [0.05, 0.1) is 12.0 Å². The molecule has 1 heterocycles. The van der Waals surface area contributed by atoms with Crippen molar-refractivity contribution in [3.8, 4) is 5.75 Å². The first kappa shape index (κ1) is 27.4. The molecule has 202 valence electrons. The third-order valence-corrected chi connectivity index (χ3v) is 8.22. The lowest BCUT2D eigenvalue weighted by molar-refractivity contribution is 0.0745. The first-order valence-electron chi connectivity index (χ1n) is 12.8. The van der Waals surface area contributed by atoms with Crippen molar-refractivity contribution in [3.05, 3.63) is 83.2 Å². The van der Waals surface area contributed by atoms with E-state index in [1.807, 2.05) is 12.1 Å². The third kappa shape index (κ3) is 6.27. The van der Waals surface area contributed by atoms with E-state index in [4.69, 9.17) is 4.74 Å². The van der Waals surface area contributed by atoms with Crippen molar-refractivity contribution in [3.63, 3.8) is 0 Å². The van der Waals surface area contributed by atoms with Crippen LogP contribution in [0.3, 0.4) is 0 Å². The zero-order chi connectivity index (χ0) is 27.3. The largest absolute Gasteiger partial charge is 0.494 e. The lowest BCUT2D eigenvalue weighted by Gasteiger charge is -2.36. The van der Waals surface area contributed by atoms with Crippen LogP contribution in [0.1, 0.15) is 41.3 Å². The Balaban J connectivity index is 1.44. The Morgan fingerprint density at radius 2 is 1.71 bits per heavy atom. The van der Waals surface area contributed by atoms with E-state index in [0.717, 1.165) is 30.5 Å². The number of carbonyl (C=O) groups excluding carboxylic acids is 1. The monoisotopic (exact) mass is 539 g/mol. The first-order valence-corrected chi connectivity index (χ1v) is 14.3. The number of unbranched alkanes of at least 4 members (excludes halogenated alkanes) is 1. The van der Waals surface area contributed by atoms with Gasteiger partial charge in [0, 0.05) is 49.2 Å². The van der Waals surface area contributed by atoms with Gasteiger partial charge in [-0.2, -0.15) is 0 Å². The Morgan fingerprint density at radius 3 is 2.37 bits per heavy atom. The molecular weight excluding hydrogens is 505 g/mol. The molecule has 1 aliphatic rings. The normalized spacial score (nSPS) is 13.9. The molecule has 1 aliphatic heterocycles. The van der Waals surface area contributed by atoms with E-state index in [2.05, 4.69) is 16.5 Å². The van der Waals surface area contributed by atoms with E-state index in [0.29, 0.717) is 43.0 Å². The molecule has 7 nitrogen and oxygen atoms in total. The maximum Gasteiger partial charge on any atom is 0.261 e. The Morgan fingerprint density at radius 1 is 1.00 bits per heavy atom. The van der Waals surface area contributed by atoms with E-state index in [1.165, 1.54) is 25.3 Å². The van der Waals surface area contributed by atoms with Crippen molar-refractivity contribution < 1.29 is 22.3 Å². The molecule has 9 heteroatoms. The van der Waals surface area contributed by atoms with Gasteiger partial charge in [-0.05, 0) is 67.3 Å². The fraction of sp³-hybridized carbons (Fsp3) is 0.345. The summed E-state index contributed by atoms with van der Waals surface area (Å²) < 4.78 is 47.7. The highest BCUT2D eigenvalue weighted by Gasteiger charge is 2.25. The van der Waals surface area contributed by atoms with Crippen LogP contribution in [0.4, 0.5) is 15.8 Å². The van der Waals surface area contributed by atoms with Gasteiger partial charge in [-0.1, -0.05) is 31.5 Å². The number of hydrogen-bond acceptors (Lipinski definition) is 5. The Bertz CT molecular complexity index is 1390. The van der Waals surface area contributed by atoms with Gasteiger partial charge in [0.25, 0.3) is 15.9 Å². The molecular formula is C29H34FN3O4S. The maximum absolute atomic E-state index is 13.8. The van der Waals surface area contributed by atoms with Gasteiger partial charge < -0.3 is 14.5 Å². The number of amides is 1. The predicted octanol–water partition coefficient (Wildman–Crippen LogP) is 5.25. The van der Waals surface area contributed by atoms with Crippen LogP contribution in [0.25, 0.3) is 0 Å². The summed E-state index contributed by atoms with van der Waals surface area (Å²) in [5.41, 5.74) is 3.53. The lowest BCUT2D eigenvalue weighted by atomic mass is 10.1. The van der Waals surface area contributed by atoms with E-state index in [9.17, 15) is 17.6 Å². The number of nitrogens with zero attached hydrogens (tertiary/aromatic N) is 2. The molecule has 1 saturated heterocycles. The minimum atomic E-state index is -3.87. The Hall–Kier alpha value is -3.59. The van der Waals surface area contributed by atoms with E-state index in [-0.39, 0.29) is 16.6 Å². The molecule has 0 radical (unpaired) electrons. The summed E-state index contributed by atoms with van der Waals surface area (Å²) in [6.07, 6.45) is 3.14. The minimum Gasteiger partial charge on any atom is -0.494 e. The molecule has 38 heavy (non-hydrogen) atoms. The topological polar surface area (TPSA) is 79.0 Å². The second-order valence-corrected chi connectivity index (χ2v) is 11.2. The van der Waals surface area contributed by atoms with Gasteiger partial charge in [0.15, 0.2) is 11.6 Å². The molecule has 1 N–H and O–H groups in total. The zero-order valence-electron chi connectivity index (χ0n) is 22.0. The summed E-state index contributed by atoms with van der Waals surface area (Å²) >= 11 is 0. The van der Waals surface area contributed by atoms with Crippen molar-refractivity contribution in [1.29, 1.82) is 0 Å². The van der Waals surface area contributed by atoms with E-state index < -0.39 is 15.8 Å². The third-order valence-electron chi connectivity index (χ3n) is 6.84. The summed E-state index contributed by atoms with van der Waals surface area (Å²) in [6.45, 7) is 5.97. The molecule has 4 rings (SSSR count). The van der Waals surface area contributed by atoms with Crippen LogP contribution in [0.5, 0.6) is 5.75 Å². The highest BCUT2D eigenvalue weighted by molar-refractivity contribution is 7.92. The van der Waals surface area contributed by atoms with Gasteiger partial charge in [-0.25, -0.2) is 12.8 Å². The molecule has 0 bridgehead atoms. The van der Waals surface area contributed by atoms with Crippen LogP contribution < -0.4 is 14.4 Å². The average Bonchev–Trinajstić information content (AvgIpc) is 2.92. The van der Waals surface area contributed by atoms with Crippen LogP contribution in [0.2, 0.25) is 0 Å². The predicted molar refractivity (Wildman–Crippen MR) is 148 cm³/mol. The number of ether oxygens (including phenoxy) is 1. The van der Waals surface area contributed by atoms with Crippen molar-refractivity contribution >= 4 is 27.3 Å². The molecule has 0 saturated carbocycles. The summed E-state index contributed by atoms with van der Waals surface area (Å²) in [5.74, 6) is -0.458. The number of aryl methyl sites for hydroxylation is 2. The van der Waals surface area contributed by atoms with Crippen molar-refractivity contribution in [1.82, 2.24) is 4.90 Å². The average molecular weight is 540 g/mol. The van der Waals surface area contributed by atoms with Gasteiger partial charge in [0.2, 0.25) is 0 Å². The molecule has 0 spiro atoms. The fourth-order valence-electron chi connectivity index (χ4n) is 4.52. The summed E-state index contributed by atoms with van der Waals surface area (Å²) in [7, 11) is -2.45. The minimum absolute atomic E-state index is 0.0403. The zero-order valence-corrected chi connectivity index (χ0v) is 22.9. The molecule has 3 aromatic rings. The van der Waals surface area contributed by atoms with E-state index in [1.54, 1.807) is 42.2 Å². The maximum atomic E-state index is 13.8. The molecule has 3 aromatic carbocycles. The number of hydrogen-bond donors (Lipinski definition) is 1. The summed E-state index contributed by atoms with van der Waals surface area (Å²) in [5, 5.41) is 0. The van der Waals surface area contributed by atoms with Gasteiger partial charge >= 0.3 is 0 Å². The summed E-state index contributed by atoms with van der Waals surface area (Å²) in [6, 6.07) is 16.7. The number of rotatable bonds is 9. The van der Waals surface area contributed by atoms with Crippen molar-refractivity contribution in [2.45, 2.75) is 38.0 Å². The van der Waals surface area contributed by atoms with Crippen LogP contribution >= 0.6 is 0 Å². The fourth-order valence-corrected chi connectivity index (χ4v) is 5.60. The van der Waals surface area contributed by atoms with Crippen LogP contribution in [-0.2, 0) is 16.4 Å². The molecule has 0 aliphatic carbocycles. The SMILES string of the molecule is CCCCc1ccc(NS(=O)(=O)c2ccc(C)c(C(=O)N3CCN(c4ccc(F)c(OC)c4)CC3)c2)cc1. The van der Waals surface area contributed by atoms with E-state index >= 15 is 0 Å². The second-order valence-electron chi connectivity index (χ2n) is 9.48. The van der Waals surface area contributed by atoms with Crippen molar-refractivity contribution in [2.24, 2.45) is 0 Å². The number of halogens is 1. The number of methoxy groups -OCH3 is 1. The molecule has 1 amide bonds. The molecule has 0 aromatic heterocycles. The number of nitrogens with one attached hydrogen (secondary N) is 1. The first-order chi connectivity index (χ1) is 18.2. The number of piperazine rings is 1. The van der Waals surface area contributed by atoms with Gasteiger partial charge in [-0.3, -0.25) is 9.52 Å². The van der Waals surface area contributed by atoms with Crippen LogP contribution in [-0.4, -0.2) is 52.5 Å². The molecule has 0 atom stereocenters. The number of benzene rings is 3. The smallest absolute Gasteiger partial charge is 0.261 e. The summed E-state index contributed by atoms with van der Waals surface area (Å²) in [4.78, 5) is 17.2. The standard InChI is InChI=1S/C29H34FN3O4S/c1-4-5-6-22-8-10-23(11-9-22)31-38(35,36)25-13-7-21(2)26(20-25)29(34)33-17-15-32(16-18-33)24-12-14-27(30)28(19-24)37-3/h7-14,19-20,31H,4-6,15-18H2,1-3H3. The Kier molecular flexibility index (Phi) is 8.56. The van der Waals surface area contributed by atoms with Gasteiger partial charge in [0.1, 0.15) is 0 Å². The second kappa shape index (κ2) is 11.9. The Labute approximate surface area is 224 Å². The highest BCUT2D eigenvalue weighted by Crippen LogP contribution is 2.26. The molecule has 0 unspecified atom stereocenters. The van der Waals surface area contributed by atoms with Crippen LogP contribution in [0, 0.1) is 12.7 Å². The van der Waals surface area contributed by atoms with Gasteiger partial charge in [-0.15, -0.1) is 0 Å². The van der Waals surface area contributed by atoms with Crippen molar-refractivity contribution in [2.75, 3.05) is 42.9 Å². The number of anilines is 2. The lowest BCUT2D eigenvalue weighted by Crippen LogP contribution is -2.49. The van der Waals surface area contributed by atoms with Crippen LogP contribution in [0.15, 0.2) is 65.6 Å².